The molecule has 0 radical (unpaired) electrons. The first-order valence-electron chi connectivity index (χ1n) is 10.8. The van der Waals surface area contributed by atoms with Crippen molar-refractivity contribution in [2.75, 3.05) is 43.1 Å². The summed E-state index contributed by atoms with van der Waals surface area (Å²) in [6.07, 6.45) is 3.12. The Labute approximate surface area is 200 Å². The van der Waals surface area contributed by atoms with Crippen molar-refractivity contribution in [2.24, 2.45) is 0 Å². The number of anilines is 2. The minimum atomic E-state index is -0.383. The number of hydrogen-bond acceptors (Lipinski definition) is 9. The number of aromatic nitrogens is 3. The topological polar surface area (TPSA) is 97.5 Å². The van der Waals surface area contributed by atoms with Crippen LogP contribution in [-0.4, -0.2) is 53.2 Å². The average Bonchev–Trinajstić information content (AvgIpc) is 2.89. The summed E-state index contributed by atoms with van der Waals surface area (Å²) in [7, 11) is 1.64. The van der Waals surface area contributed by atoms with Gasteiger partial charge in [-0.05, 0) is 36.4 Å². The molecule has 1 saturated heterocycles. The normalized spacial score (nSPS) is 13.8. The number of nitrogens with zero attached hydrogens (tertiary/aromatic N) is 6. The van der Waals surface area contributed by atoms with Crippen LogP contribution in [0.3, 0.4) is 0 Å². The van der Waals surface area contributed by atoms with Crippen LogP contribution in [0.25, 0.3) is 10.9 Å². The van der Waals surface area contributed by atoms with Crippen LogP contribution < -0.4 is 14.5 Å². The molecule has 0 N–H and O–H groups in total. The van der Waals surface area contributed by atoms with Gasteiger partial charge in [-0.2, -0.15) is 0 Å². The number of ether oxygens (including phenoxy) is 1. The molecular weight excluding hydrogens is 452 g/mol. The standard InChI is InChI=1S/C24H22N6O3S/c1-33-19-9-7-18(8-10-19)28-12-14-29(15-13-28)23-22(30(31)32)24(27-16-26-23)34-20-6-2-4-17-5-3-11-25-21(17)20/h2-11,16H,12-15H2,1H3. The van der Waals surface area contributed by atoms with Gasteiger partial charge >= 0.3 is 5.69 Å². The SMILES string of the molecule is COc1ccc(N2CCN(c3ncnc(Sc4cccc5cccnc45)c3[N+](=O)[O-])CC2)cc1. The molecule has 1 aliphatic heterocycles. The van der Waals surface area contributed by atoms with E-state index in [4.69, 9.17) is 4.74 Å². The zero-order valence-electron chi connectivity index (χ0n) is 18.5. The van der Waals surface area contributed by atoms with Gasteiger partial charge in [-0.25, -0.2) is 9.97 Å². The molecule has 0 spiro atoms. The molecule has 0 aliphatic carbocycles. The van der Waals surface area contributed by atoms with Gasteiger partial charge in [-0.15, -0.1) is 0 Å². The van der Waals surface area contributed by atoms with Crippen molar-refractivity contribution in [1.82, 2.24) is 15.0 Å². The zero-order chi connectivity index (χ0) is 23.5. The Morgan fingerprint density at radius 3 is 2.41 bits per heavy atom. The molecule has 0 atom stereocenters. The Kier molecular flexibility index (Phi) is 6.13. The van der Waals surface area contributed by atoms with E-state index in [1.54, 1.807) is 13.3 Å². The van der Waals surface area contributed by atoms with Crippen LogP contribution in [0.15, 0.2) is 77.0 Å². The molecule has 2 aromatic carbocycles. The minimum Gasteiger partial charge on any atom is -0.497 e. The molecule has 9 nitrogen and oxygen atoms in total. The van der Waals surface area contributed by atoms with Gasteiger partial charge in [0.25, 0.3) is 0 Å². The maximum atomic E-state index is 12.1. The highest BCUT2D eigenvalue weighted by molar-refractivity contribution is 7.99. The van der Waals surface area contributed by atoms with Gasteiger partial charge in [0.15, 0.2) is 5.03 Å². The summed E-state index contributed by atoms with van der Waals surface area (Å²) in [4.78, 5) is 29.8. The first kappa shape index (κ1) is 21.9. The Morgan fingerprint density at radius 2 is 1.68 bits per heavy atom. The highest BCUT2D eigenvalue weighted by Gasteiger charge is 2.30. The van der Waals surface area contributed by atoms with Crippen molar-refractivity contribution < 1.29 is 9.66 Å². The number of para-hydroxylation sites is 1. The lowest BCUT2D eigenvalue weighted by atomic mass is 10.2. The number of methoxy groups -OCH3 is 1. The second-order valence-corrected chi connectivity index (χ2v) is 8.74. The first-order chi connectivity index (χ1) is 16.6. The van der Waals surface area contributed by atoms with Crippen LogP contribution in [0, 0.1) is 10.1 Å². The van der Waals surface area contributed by atoms with Gasteiger partial charge in [-0.1, -0.05) is 30.0 Å². The molecule has 2 aromatic heterocycles. The van der Waals surface area contributed by atoms with E-state index in [1.807, 2.05) is 59.5 Å². The fraction of sp³-hybridized carbons (Fsp3) is 0.208. The van der Waals surface area contributed by atoms with Crippen LogP contribution in [0.5, 0.6) is 5.75 Å². The molecule has 4 aromatic rings. The molecule has 0 bridgehead atoms. The summed E-state index contributed by atoms with van der Waals surface area (Å²) in [6.45, 7) is 2.68. The van der Waals surface area contributed by atoms with Crippen LogP contribution in [0.4, 0.5) is 17.2 Å². The molecule has 0 amide bonds. The first-order valence-corrected chi connectivity index (χ1v) is 11.6. The average molecular weight is 475 g/mol. The van der Waals surface area contributed by atoms with Crippen LogP contribution in [0.2, 0.25) is 0 Å². The molecule has 10 heteroatoms. The molecule has 34 heavy (non-hydrogen) atoms. The smallest absolute Gasteiger partial charge is 0.343 e. The lowest BCUT2D eigenvalue weighted by Gasteiger charge is -2.36. The molecule has 0 unspecified atom stereocenters. The van der Waals surface area contributed by atoms with E-state index in [2.05, 4.69) is 19.9 Å². The van der Waals surface area contributed by atoms with Crippen molar-refractivity contribution in [3.63, 3.8) is 0 Å². The number of rotatable bonds is 6. The quantitative estimate of drug-likeness (QED) is 0.228. The van der Waals surface area contributed by atoms with Crippen LogP contribution in [0.1, 0.15) is 0 Å². The third-order valence-electron chi connectivity index (χ3n) is 5.77. The molecule has 1 aliphatic rings. The van der Waals surface area contributed by atoms with E-state index in [-0.39, 0.29) is 10.6 Å². The summed E-state index contributed by atoms with van der Waals surface area (Å²) in [5.74, 6) is 1.16. The highest BCUT2D eigenvalue weighted by atomic mass is 32.2. The number of benzene rings is 2. The highest BCUT2D eigenvalue weighted by Crippen LogP contribution is 2.40. The van der Waals surface area contributed by atoms with E-state index in [9.17, 15) is 10.1 Å². The van der Waals surface area contributed by atoms with Gasteiger partial charge in [0.2, 0.25) is 5.82 Å². The van der Waals surface area contributed by atoms with Gasteiger partial charge in [0.05, 0.1) is 17.5 Å². The van der Waals surface area contributed by atoms with Crippen LogP contribution >= 0.6 is 11.8 Å². The van der Waals surface area contributed by atoms with Gasteiger partial charge in [-0.3, -0.25) is 15.1 Å². The summed E-state index contributed by atoms with van der Waals surface area (Å²) in [5.41, 5.74) is 1.81. The van der Waals surface area contributed by atoms with E-state index in [1.165, 1.54) is 18.1 Å². The number of piperazine rings is 1. The van der Waals surface area contributed by atoms with Gasteiger partial charge < -0.3 is 14.5 Å². The van der Waals surface area contributed by atoms with Crippen molar-refractivity contribution in [2.45, 2.75) is 9.92 Å². The van der Waals surface area contributed by atoms with Crippen molar-refractivity contribution in [3.8, 4) is 5.75 Å². The summed E-state index contributed by atoms with van der Waals surface area (Å²) >= 11 is 1.25. The third kappa shape index (κ3) is 4.32. The Hall–Kier alpha value is -3.92. The molecule has 3 heterocycles. The van der Waals surface area contributed by atoms with Gasteiger partial charge in [0, 0.05) is 48.3 Å². The molecule has 5 rings (SSSR count). The van der Waals surface area contributed by atoms with Crippen molar-refractivity contribution in [3.05, 3.63) is 77.2 Å². The summed E-state index contributed by atoms with van der Waals surface area (Å²) in [5, 5.41) is 13.4. The van der Waals surface area contributed by atoms with E-state index in [0.29, 0.717) is 23.9 Å². The maximum absolute atomic E-state index is 12.1. The minimum absolute atomic E-state index is 0.0710. The van der Waals surface area contributed by atoms with Crippen molar-refractivity contribution in [1.29, 1.82) is 0 Å². The van der Waals surface area contributed by atoms with Gasteiger partial charge in [0.1, 0.15) is 12.1 Å². The fourth-order valence-corrected chi connectivity index (χ4v) is 5.04. The predicted octanol–water partition coefficient (Wildman–Crippen LogP) is 4.42. The number of hydrogen-bond donors (Lipinski definition) is 0. The van der Waals surface area contributed by atoms with Crippen molar-refractivity contribution >= 4 is 39.9 Å². The fourth-order valence-electron chi connectivity index (χ4n) is 4.05. The molecule has 172 valence electrons. The maximum Gasteiger partial charge on any atom is 0.343 e. The van der Waals surface area contributed by atoms with E-state index >= 15 is 0 Å². The summed E-state index contributed by atoms with van der Waals surface area (Å²) < 4.78 is 5.23. The molecule has 0 saturated carbocycles. The zero-order valence-corrected chi connectivity index (χ0v) is 19.3. The summed E-state index contributed by atoms with van der Waals surface area (Å²) in [6, 6.07) is 17.5. The largest absolute Gasteiger partial charge is 0.497 e. The number of pyridine rings is 1. The predicted molar refractivity (Wildman–Crippen MR) is 132 cm³/mol. The van der Waals surface area contributed by atoms with E-state index in [0.717, 1.165) is 40.3 Å². The number of nitro groups is 1. The van der Waals surface area contributed by atoms with Crippen LogP contribution in [-0.2, 0) is 0 Å². The lowest BCUT2D eigenvalue weighted by molar-refractivity contribution is -0.387. The Morgan fingerprint density at radius 1 is 0.941 bits per heavy atom. The Bertz CT molecular complexity index is 1320. The molecular formula is C24H22N6O3S. The second-order valence-electron chi connectivity index (χ2n) is 7.71. The Balaban J connectivity index is 1.39. The number of fused-ring (bicyclic) bond motifs is 1. The second kappa shape index (κ2) is 9.52. The monoisotopic (exact) mass is 474 g/mol. The van der Waals surface area contributed by atoms with E-state index < -0.39 is 0 Å². The lowest BCUT2D eigenvalue weighted by Crippen LogP contribution is -2.47. The third-order valence-corrected chi connectivity index (χ3v) is 6.81. The molecule has 1 fully saturated rings.